The smallest absolute Gasteiger partial charge is 0.253 e. The largest absolute Gasteiger partial charge is 0.468 e. The summed E-state index contributed by atoms with van der Waals surface area (Å²) in [6, 6.07) is 19.6. The van der Waals surface area contributed by atoms with Crippen molar-refractivity contribution in [2.75, 3.05) is 0 Å². The van der Waals surface area contributed by atoms with Gasteiger partial charge in [0.2, 0.25) is 0 Å². The van der Waals surface area contributed by atoms with Crippen LogP contribution in [0.3, 0.4) is 0 Å². The fraction of sp³-hybridized carbons (Fsp3) is 0.333. The van der Waals surface area contributed by atoms with Crippen LogP contribution in [0.2, 0.25) is 0 Å². The minimum absolute atomic E-state index is 0.155. The van der Waals surface area contributed by atoms with Gasteiger partial charge in [0.25, 0.3) is 5.56 Å². The number of nitrogens with one attached hydrogen (secondary N) is 1. The Morgan fingerprint density at radius 1 is 1.05 bits per heavy atom. The van der Waals surface area contributed by atoms with Crippen molar-refractivity contribution in [2.24, 2.45) is 0 Å². The SMILES string of the molecule is CCC(C)(C)n1nnnc1[C@H](c1cc2ccc(C)c(C)c2[nH]c1=O)N(Cc1ccccc1)Cc1ccco1. The first-order valence-electron chi connectivity index (χ1n) is 13.0. The molecule has 0 fully saturated rings. The summed E-state index contributed by atoms with van der Waals surface area (Å²) in [5.41, 5.74) is 4.25. The van der Waals surface area contributed by atoms with Gasteiger partial charge in [0.05, 0.1) is 23.9 Å². The van der Waals surface area contributed by atoms with Gasteiger partial charge < -0.3 is 9.40 Å². The number of pyridine rings is 1. The van der Waals surface area contributed by atoms with Crippen molar-refractivity contribution in [3.05, 3.63) is 111 Å². The van der Waals surface area contributed by atoms with E-state index in [0.29, 0.717) is 24.5 Å². The molecule has 0 spiro atoms. The Morgan fingerprint density at radius 2 is 1.84 bits per heavy atom. The summed E-state index contributed by atoms with van der Waals surface area (Å²) < 4.78 is 7.63. The molecule has 3 heterocycles. The third kappa shape index (κ3) is 4.91. The fourth-order valence-corrected chi connectivity index (χ4v) is 4.85. The second-order valence-electron chi connectivity index (χ2n) is 10.5. The summed E-state index contributed by atoms with van der Waals surface area (Å²) in [6.45, 7) is 11.4. The minimum Gasteiger partial charge on any atom is -0.468 e. The summed E-state index contributed by atoms with van der Waals surface area (Å²) >= 11 is 0. The van der Waals surface area contributed by atoms with Crippen molar-refractivity contribution in [2.45, 2.75) is 65.7 Å². The van der Waals surface area contributed by atoms with E-state index in [1.54, 1.807) is 6.26 Å². The number of rotatable bonds is 9. The van der Waals surface area contributed by atoms with Gasteiger partial charge in [-0.2, -0.15) is 0 Å². The molecule has 0 saturated carbocycles. The maximum absolute atomic E-state index is 13.8. The first-order valence-corrected chi connectivity index (χ1v) is 13.0. The van der Waals surface area contributed by atoms with Crippen LogP contribution in [-0.2, 0) is 18.6 Å². The van der Waals surface area contributed by atoms with Crippen LogP contribution in [0.1, 0.15) is 67.1 Å². The molecule has 5 aromatic rings. The van der Waals surface area contributed by atoms with Crippen LogP contribution >= 0.6 is 0 Å². The number of nitrogens with zero attached hydrogens (tertiary/aromatic N) is 5. The van der Waals surface area contributed by atoms with E-state index >= 15 is 0 Å². The van der Waals surface area contributed by atoms with Crippen LogP contribution < -0.4 is 5.56 Å². The van der Waals surface area contributed by atoms with E-state index in [-0.39, 0.29) is 11.1 Å². The standard InChI is InChI=1S/C30H34N6O2/c1-6-30(4,5)36-28(32-33-34-36)27(25-17-23-15-14-20(2)21(3)26(23)31-29(25)37)35(19-24-13-10-16-38-24)18-22-11-8-7-9-12-22/h7-17,27H,6,18-19H2,1-5H3,(H,31,37)/t27-/m0/s1. The molecule has 0 saturated heterocycles. The van der Waals surface area contributed by atoms with Gasteiger partial charge in [-0.05, 0) is 84.8 Å². The number of H-pyrrole nitrogens is 1. The lowest BCUT2D eigenvalue weighted by Crippen LogP contribution is -2.38. The van der Waals surface area contributed by atoms with E-state index in [4.69, 9.17) is 4.42 Å². The Hall–Kier alpha value is -4.04. The molecule has 0 aliphatic carbocycles. The Morgan fingerprint density at radius 3 is 2.55 bits per heavy atom. The third-order valence-corrected chi connectivity index (χ3v) is 7.58. The van der Waals surface area contributed by atoms with E-state index in [9.17, 15) is 4.79 Å². The van der Waals surface area contributed by atoms with Crippen molar-refractivity contribution in [1.29, 1.82) is 0 Å². The number of tetrazole rings is 1. The van der Waals surface area contributed by atoms with E-state index in [1.807, 2.05) is 48.0 Å². The Kier molecular flexibility index (Phi) is 6.99. The van der Waals surface area contributed by atoms with Crippen molar-refractivity contribution in [3.63, 3.8) is 0 Å². The van der Waals surface area contributed by atoms with E-state index in [2.05, 4.69) is 77.4 Å². The van der Waals surface area contributed by atoms with Crippen molar-refractivity contribution in [3.8, 4) is 0 Å². The lowest BCUT2D eigenvalue weighted by atomic mass is 9.97. The molecule has 0 unspecified atom stereocenters. The number of hydrogen-bond acceptors (Lipinski definition) is 6. The molecule has 196 valence electrons. The number of aromatic nitrogens is 5. The topological polar surface area (TPSA) is 92.8 Å². The highest BCUT2D eigenvalue weighted by Gasteiger charge is 2.35. The molecular formula is C30H34N6O2. The van der Waals surface area contributed by atoms with Gasteiger partial charge in [0.15, 0.2) is 5.82 Å². The second-order valence-corrected chi connectivity index (χ2v) is 10.5. The lowest BCUT2D eigenvalue weighted by Gasteiger charge is -2.33. The predicted molar refractivity (Wildman–Crippen MR) is 148 cm³/mol. The van der Waals surface area contributed by atoms with Crippen LogP contribution in [0.25, 0.3) is 10.9 Å². The van der Waals surface area contributed by atoms with Crippen molar-refractivity contribution >= 4 is 10.9 Å². The number of aryl methyl sites for hydroxylation is 2. The van der Waals surface area contributed by atoms with Gasteiger partial charge in [-0.15, -0.1) is 5.10 Å². The Bertz CT molecular complexity index is 1580. The van der Waals surface area contributed by atoms with Crippen LogP contribution in [-0.4, -0.2) is 30.1 Å². The van der Waals surface area contributed by atoms with E-state index in [1.165, 1.54) is 0 Å². The fourth-order valence-electron chi connectivity index (χ4n) is 4.85. The Labute approximate surface area is 222 Å². The van der Waals surface area contributed by atoms with Gasteiger partial charge in [0.1, 0.15) is 11.8 Å². The quantitative estimate of drug-likeness (QED) is 0.275. The molecule has 5 rings (SSSR count). The average molecular weight is 511 g/mol. The summed E-state index contributed by atoms with van der Waals surface area (Å²) in [5, 5.41) is 14.0. The molecule has 1 atom stereocenters. The summed E-state index contributed by atoms with van der Waals surface area (Å²) in [4.78, 5) is 19.2. The normalized spacial score (nSPS) is 12.9. The van der Waals surface area contributed by atoms with Crippen LogP contribution in [0, 0.1) is 13.8 Å². The summed E-state index contributed by atoms with van der Waals surface area (Å²) in [7, 11) is 0. The second kappa shape index (κ2) is 10.4. The Balaban J connectivity index is 1.74. The molecule has 0 bridgehead atoms. The number of fused-ring (bicyclic) bond motifs is 1. The summed E-state index contributed by atoms with van der Waals surface area (Å²) in [5.74, 6) is 1.41. The van der Waals surface area contributed by atoms with E-state index < -0.39 is 6.04 Å². The minimum atomic E-state index is -0.532. The van der Waals surface area contributed by atoms with Gasteiger partial charge in [-0.3, -0.25) is 9.69 Å². The molecule has 8 nitrogen and oxygen atoms in total. The average Bonchev–Trinajstić information content (AvgIpc) is 3.61. The lowest BCUT2D eigenvalue weighted by molar-refractivity contribution is 0.168. The number of hydrogen-bond donors (Lipinski definition) is 1. The molecule has 0 amide bonds. The number of furan rings is 1. The third-order valence-electron chi connectivity index (χ3n) is 7.58. The first-order chi connectivity index (χ1) is 18.3. The molecule has 3 aromatic heterocycles. The van der Waals surface area contributed by atoms with Gasteiger partial charge >= 0.3 is 0 Å². The first kappa shape index (κ1) is 25.6. The van der Waals surface area contributed by atoms with Crippen LogP contribution in [0.5, 0.6) is 0 Å². The molecule has 38 heavy (non-hydrogen) atoms. The number of aromatic amines is 1. The van der Waals surface area contributed by atoms with Crippen molar-refractivity contribution < 1.29 is 4.42 Å². The molecule has 0 radical (unpaired) electrons. The van der Waals surface area contributed by atoms with Gasteiger partial charge in [-0.1, -0.05) is 49.4 Å². The molecular weight excluding hydrogens is 476 g/mol. The van der Waals surface area contributed by atoms with Gasteiger partial charge in [0, 0.05) is 12.1 Å². The van der Waals surface area contributed by atoms with Gasteiger partial charge in [-0.25, -0.2) is 4.68 Å². The number of benzene rings is 2. The molecule has 0 aliphatic rings. The highest BCUT2D eigenvalue weighted by Crippen LogP contribution is 2.33. The maximum Gasteiger partial charge on any atom is 0.253 e. The zero-order valence-electron chi connectivity index (χ0n) is 22.6. The predicted octanol–water partition coefficient (Wildman–Crippen LogP) is 5.66. The maximum atomic E-state index is 13.8. The highest BCUT2D eigenvalue weighted by atomic mass is 16.3. The monoisotopic (exact) mass is 510 g/mol. The zero-order valence-corrected chi connectivity index (χ0v) is 22.6. The zero-order chi connectivity index (χ0) is 26.9. The van der Waals surface area contributed by atoms with Crippen molar-refractivity contribution in [1.82, 2.24) is 30.1 Å². The highest BCUT2D eigenvalue weighted by molar-refractivity contribution is 5.83. The van der Waals surface area contributed by atoms with Crippen LogP contribution in [0.15, 0.2) is 76.1 Å². The molecule has 0 aliphatic heterocycles. The molecule has 8 heteroatoms. The molecule has 2 aromatic carbocycles. The summed E-state index contributed by atoms with van der Waals surface area (Å²) in [6.07, 6.45) is 2.49. The van der Waals surface area contributed by atoms with E-state index in [0.717, 1.165) is 39.8 Å². The van der Waals surface area contributed by atoms with Crippen LogP contribution in [0.4, 0.5) is 0 Å². The molecule has 1 N–H and O–H groups in total.